The van der Waals surface area contributed by atoms with Gasteiger partial charge in [0, 0.05) is 26.2 Å². The summed E-state index contributed by atoms with van der Waals surface area (Å²) in [5.74, 6) is 0. The molecular formula is C5H11FN2. The fraction of sp³-hybridized carbons (Fsp3) is 1.00. The molecule has 0 aromatic carbocycles. The van der Waals surface area contributed by atoms with E-state index in [4.69, 9.17) is 0 Å². The third kappa shape index (κ3) is 1.76. The lowest BCUT2D eigenvalue weighted by Crippen LogP contribution is -2.24. The van der Waals surface area contributed by atoms with E-state index in [0.717, 1.165) is 13.1 Å². The molecule has 0 saturated carbocycles. The predicted octanol–water partition coefficient (Wildman–Crippen LogP) is -0.483. The molecule has 0 atom stereocenters. The molecule has 0 amide bonds. The highest BCUT2D eigenvalue weighted by molar-refractivity contribution is 4.67. The minimum atomic E-state index is -0.697. The molecule has 0 aromatic rings. The van der Waals surface area contributed by atoms with E-state index in [0.29, 0.717) is 13.1 Å². The van der Waals surface area contributed by atoms with Crippen LogP contribution in [0.2, 0.25) is 0 Å². The average molecular weight is 118 g/mol. The van der Waals surface area contributed by atoms with Crippen molar-refractivity contribution in [2.75, 3.05) is 26.2 Å². The third-order valence-electron chi connectivity index (χ3n) is 1.21. The quantitative estimate of drug-likeness (QED) is 0.449. The van der Waals surface area contributed by atoms with Crippen LogP contribution in [0.5, 0.6) is 0 Å². The summed E-state index contributed by atoms with van der Waals surface area (Å²) in [6, 6.07) is 0. The normalized spacial score (nSPS) is 25.1. The van der Waals surface area contributed by atoms with Crippen molar-refractivity contribution in [2.45, 2.75) is 6.17 Å². The Labute approximate surface area is 48.5 Å². The molecule has 0 radical (unpaired) electrons. The van der Waals surface area contributed by atoms with Crippen LogP contribution in [0.4, 0.5) is 4.39 Å². The highest BCUT2D eigenvalue weighted by Gasteiger charge is 2.07. The van der Waals surface area contributed by atoms with E-state index in [1.165, 1.54) is 0 Å². The van der Waals surface area contributed by atoms with E-state index in [1.807, 2.05) is 0 Å². The summed E-state index contributed by atoms with van der Waals surface area (Å²) < 4.78 is 12.3. The summed E-state index contributed by atoms with van der Waals surface area (Å²) in [6.07, 6.45) is -0.697. The van der Waals surface area contributed by atoms with E-state index in [9.17, 15) is 4.39 Å². The first-order valence-electron chi connectivity index (χ1n) is 2.95. The molecule has 1 fully saturated rings. The van der Waals surface area contributed by atoms with Gasteiger partial charge in [-0.3, -0.25) is 0 Å². The topological polar surface area (TPSA) is 24.1 Å². The van der Waals surface area contributed by atoms with Gasteiger partial charge in [-0.2, -0.15) is 0 Å². The first kappa shape index (κ1) is 5.98. The van der Waals surface area contributed by atoms with Crippen LogP contribution in [0.15, 0.2) is 0 Å². The van der Waals surface area contributed by atoms with Gasteiger partial charge in [-0.25, -0.2) is 4.39 Å². The van der Waals surface area contributed by atoms with Gasteiger partial charge in [0.05, 0.1) is 0 Å². The molecule has 2 N–H and O–H groups in total. The maximum atomic E-state index is 12.3. The lowest BCUT2D eigenvalue weighted by Gasteiger charge is -2.00. The Kier molecular flexibility index (Phi) is 2.24. The third-order valence-corrected chi connectivity index (χ3v) is 1.21. The van der Waals surface area contributed by atoms with Gasteiger partial charge in [-0.1, -0.05) is 0 Å². The molecule has 0 unspecified atom stereocenters. The smallest absolute Gasteiger partial charge is 0.125 e. The molecule has 0 aromatic heterocycles. The van der Waals surface area contributed by atoms with Crippen molar-refractivity contribution >= 4 is 0 Å². The van der Waals surface area contributed by atoms with Crippen molar-refractivity contribution in [3.8, 4) is 0 Å². The number of alkyl halides is 1. The van der Waals surface area contributed by atoms with Crippen molar-refractivity contribution in [2.24, 2.45) is 0 Å². The second-order valence-electron chi connectivity index (χ2n) is 2.01. The molecule has 48 valence electrons. The lowest BCUT2D eigenvalue weighted by molar-refractivity contribution is 0.328. The van der Waals surface area contributed by atoms with E-state index in [2.05, 4.69) is 10.6 Å². The molecule has 1 aliphatic heterocycles. The Morgan fingerprint density at radius 1 is 1.12 bits per heavy atom. The predicted molar refractivity (Wildman–Crippen MR) is 30.6 cm³/mol. The van der Waals surface area contributed by atoms with Gasteiger partial charge in [0.15, 0.2) is 0 Å². The molecule has 1 heterocycles. The summed E-state index contributed by atoms with van der Waals surface area (Å²) in [5.41, 5.74) is 0. The highest BCUT2D eigenvalue weighted by atomic mass is 19.1. The van der Waals surface area contributed by atoms with Crippen molar-refractivity contribution in [3.05, 3.63) is 0 Å². The van der Waals surface area contributed by atoms with Crippen LogP contribution >= 0.6 is 0 Å². The van der Waals surface area contributed by atoms with Gasteiger partial charge in [-0.05, 0) is 0 Å². The molecule has 1 aliphatic rings. The molecule has 0 bridgehead atoms. The van der Waals surface area contributed by atoms with Crippen LogP contribution in [-0.4, -0.2) is 32.4 Å². The fourth-order valence-corrected chi connectivity index (χ4v) is 0.766. The summed E-state index contributed by atoms with van der Waals surface area (Å²) in [5, 5.41) is 5.92. The van der Waals surface area contributed by atoms with Gasteiger partial charge in [0.1, 0.15) is 6.17 Å². The molecule has 1 rings (SSSR count). The van der Waals surface area contributed by atoms with Gasteiger partial charge in [0.25, 0.3) is 0 Å². The first-order valence-corrected chi connectivity index (χ1v) is 2.95. The summed E-state index contributed by atoms with van der Waals surface area (Å²) in [6.45, 7) is 2.79. The Hall–Kier alpha value is -0.150. The largest absolute Gasteiger partial charge is 0.313 e. The maximum absolute atomic E-state index is 12.3. The second-order valence-corrected chi connectivity index (χ2v) is 2.01. The summed E-state index contributed by atoms with van der Waals surface area (Å²) in [4.78, 5) is 0. The Bertz CT molecular complexity index is 59.4. The zero-order valence-corrected chi connectivity index (χ0v) is 4.78. The minimum Gasteiger partial charge on any atom is -0.313 e. The number of nitrogens with one attached hydrogen (secondary N) is 2. The molecular weight excluding hydrogens is 107 g/mol. The molecule has 3 heteroatoms. The van der Waals surface area contributed by atoms with Crippen molar-refractivity contribution in [1.82, 2.24) is 10.6 Å². The van der Waals surface area contributed by atoms with Gasteiger partial charge in [-0.15, -0.1) is 0 Å². The fourth-order valence-electron chi connectivity index (χ4n) is 0.766. The summed E-state index contributed by atoms with van der Waals surface area (Å²) in [7, 11) is 0. The van der Waals surface area contributed by atoms with Crippen molar-refractivity contribution in [1.29, 1.82) is 0 Å². The first-order chi connectivity index (χ1) is 3.89. The second kappa shape index (κ2) is 2.99. The highest BCUT2D eigenvalue weighted by Crippen LogP contribution is 1.87. The lowest BCUT2D eigenvalue weighted by atomic mass is 10.4. The molecule has 2 nitrogen and oxygen atoms in total. The van der Waals surface area contributed by atoms with Crippen molar-refractivity contribution < 1.29 is 4.39 Å². The van der Waals surface area contributed by atoms with Crippen LogP contribution in [0.1, 0.15) is 0 Å². The van der Waals surface area contributed by atoms with Gasteiger partial charge in [0.2, 0.25) is 0 Å². The van der Waals surface area contributed by atoms with E-state index in [1.54, 1.807) is 0 Å². The minimum absolute atomic E-state index is 0.507. The molecule has 0 aliphatic carbocycles. The zero-order chi connectivity index (χ0) is 5.82. The summed E-state index contributed by atoms with van der Waals surface area (Å²) >= 11 is 0. The van der Waals surface area contributed by atoms with Crippen LogP contribution in [0.25, 0.3) is 0 Å². The van der Waals surface area contributed by atoms with Crippen LogP contribution in [-0.2, 0) is 0 Å². The number of rotatable bonds is 0. The monoisotopic (exact) mass is 118 g/mol. The van der Waals surface area contributed by atoms with Gasteiger partial charge < -0.3 is 10.6 Å². The van der Waals surface area contributed by atoms with Crippen LogP contribution in [0, 0.1) is 0 Å². The van der Waals surface area contributed by atoms with Crippen LogP contribution in [0.3, 0.4) is 0 Å². The van der Waals surface area contributed by atoms with E-state index < -0.39 is 6.17 Å². The Balaban J connectivity index is 2.17. The maximum Gasteiger partial charge on any atom is 0.125 e. The number of hydrogen-bond donors (Lipinski definition) is 2. The van der Waals surface area contributed by atoms with E-state index >= 15 is 0 Å². The molecule has 8 heavy (non-hydrogen) atoms. The average Bonchev–Trinajstić information content (AvgIpc) is 1.94. The zero-order valence-electron chi connectivity index (χ0n) is 4.78. The van der Waals surface area contributed by atoms with Gasteiger partial charge >= 0.3 is 0 Å². The standard InChI is InChI=1S/C5H11FN2/c6-5-3-7-1-2-8-4-5/h5,7-8H,1-4H2. The van der Waals surface area contributed by atoms with E-state index in [-0.39, 0.29) is 0 Å². The van der Waals surface area contributed by atoms with Crippen molar-refractivity contribution in [3.63, 3.8) is 0 Å². The van der Waals surface area contributed by atoms with Crippen LogP contribution < -0.4 is 10.6 Å². The molecule has 0 spiro atoms. The Morgan fingerprint density at radius 3 is 2.12 bits per heavy atom. The Morgan fingerprint density at radius 2 is 1.62 bits per heavy atom. The number of halogens is 1. The number of hydrogen-bond acceptors (Lipinski definition) is 2. The SMILES string of the molecule is FC1CNCCNC1. The molecule has 1 saturated heterocycles.